The highest BCUT2D eigenvalue weighted by Gasteiger charge is 2.49. The second kappa shape index (κ2) is 24.6. The zero-order valence-electron chi connectivity index (χ0n) is 41.4. The van der Waals surface area contributed by atoms with Crippen molar-refractivity contribution in [2.45, 2.75) is 157 Å². The van der Waals surface area contributed by atoms with E-state index in [1.807, 2.05) is 55.1 Å². The molecule has 0 fully saturated rings. The molecule has 0 radical (unpaired) electrons. The van der Waals surface area contributed by atoms with Crippen LogP contribution in [-0.4, -0.2) is 34.7 Å². The van der Waals surface area contributed by atoms with E-state index in [0.29, 0.717) is 36.1 Å². The van der Waals surface area contributed by atoms with Crippen LogP contribution in [0.4, 0.5) is 0 Å². The quantitative estimate of drug-likeness (QED) is 0.0460. The molecule has 2 amide bonds. The first-order chi connectivity index (χ1) is 33.2. The summed E-state index contributed by atoms with van der Waals surface area (Å²) in [5.74, 6) is 0.935. The van der Waals surface area contributed by atoms with Crippen LogP contribution in [0.5, 0.6) is 0 Å². The average molecular weight is 1020 g/mol. The van der Waals surface area contributed by atoms with E-state index < -0.39 is 0 Å². The second-order valence-corrected chi connectivity index (χ2v) is 25.9. The summed E-state index contributed by atoms with van der Waals surface area (Å²) in [5.41, 5.74) is 2.84. The minimum atomic E-state index is -0.0179. The molecule has 2 aliphatic rings. The molecule has 6 aromatic rings. The number of hydrogen-bond acceptors (Lipinski definition) is 8. The Kier molecular flexibility index (Phi) is 18.5. The maximum Gasteiger partial charge on any atom is 0.261 e. The third kappa shape index (κ3) is 12.0. The van der Waals surface area contributed by atoms with Crippen LogP contribution in [0.25, 0.3) is 50.4 Å². The molecule has 0 aromatic carbocycles. The van der Waals surface area contributed by atoms with Crippen molar-refractivity contribution in [2.75, 3.05) is 13.1 Å². The van der Waals surface area contributed by atoms with Crippen molar-refractivity contribution in [2.24, 2.45) is 11.8 Å². The second-order valence-electron chi connectivity index (χ2n) is 19.2. The monoisotopic (exact) mass is 1020 g/mol. The first-order valence-electron chi connectivity index (χ1n) is 25.9. The molecular formula is C58H72N2O2S6. The van der Waals surface area contributed by atoms with Gasteiger partial charge in [0.2, 0.25) is 0 Å². The molecule has 2 atom stereocenters. The summed E-state index contributed by atoms with van der Waals surface area (Å²) in [5, 5.41) is 0. The van der Waals surface area contributed by atoms with Crippen molar-refractivity contribution < 1.29 is 9.59 Å². The predicted octanol–water partition coefficient (Wildman–Crippen LogP) is 19.2. The molecule has 4 nitrogen and oxygen atoms in total. The molecule has 68 heavy (non-hydrogen) atoms. The SMILES string of the molecule is CCCCCCc1ccc(-c2ccc(-c3ccc(C4=C5C(=O)N(CCC(C)CCCC)C(c6ccc(-c7ccc(-c8ccc(CCCCCC)s8)s7)s6)=C5C(=O)N4CCC(C)CCCC)s3)s2)s1. The van der Waals surface area contributed by atoms with Gasteiger partial charge in [0.1, 0.15) is 0 Å². The normalized spacial score (nSPS) is 15.0. The van der Waals surface area contributed by atoms with Crippen LogP contribution >= 0.6 is 68.0 Å². The molecule has 6 aromatic heterocycles. The smallest absolute Gasteiger partial charge is 0.261 e. The fourth-order valence-electron chi connectivity index (χ4n) is 9.57. The van der Waals surface area contributed by atoms with E-state index in [9.17, 15) is 0 Å². The molecule has 10 heteroatoms. The first kappa shape index (κ1) is 51.0. The zero-order chi connectivity index (χ0) is 47.6. The van der Waals surface area contributed by atoms with Crippen molar-refractivity contribution in [1.82, 2.24) is 9.80 Å². The number of carbonyl (C=O) groups is 2. The number of fused-ring (bicyclic) bond motifs is 1. The van der Waals surface area contributed by atoms with Crippen LogP contribution in [0, 0.1) is 11.8 Å². The largest absolute Gasteiger partial charge is 0.306 e. The van der Waals surface area contributed by atoms with Gasteiger partial charge in [0.05, 0.1) is 32.3 Å². The molecule has 0 N–H and O–H groups in total. The number of hydrogen-bond donors (Lipinski definition) is 0. The summed E-state index contributed by atoms with van der Waals surface area (Å²) in [6.45, 7) is 14.9. The predicted molar refractivity (Wildman–Crippen MR) is 301 cm³/mol. The summed E-state index contributed by atoms with van der Waals surface area (Å²) < 4.78 is 0. The van der Waals surface area contributed by atoms with Gasteiger partial charge in [-0.15, -0.1) is 68.0 Å². The summed E-state index contributed by atoms with van der Waals surface area (Å²) in [7, 11) is 0. The highest BCUT2D eigenvalue weighted by atomic mass is 32.1. The zero-order valence-corrected chi connectivity index (χ0v) is 46.3. The van der Waals surface area contributed by atoms with Crippen molar-refractivity contribution in [3.63, 3.8) is 0 Å². The van der Waals surface area contributed by atoms with Crippen LogP contribution in [0.3, 0.4) is 0 Å². The highest BCUT2D eigenvalue weighted by Crippen LogP contribution is 2.51. The van der Waals surface area contributed by atoms with Crippen LogP contribution in [0.1, 0.15) is 164 Å². The molecule has 2 aliphatic heterocycles. The van der Waals surface area contributed by atoms with E-state index in [0.717, 1.165) is 59.7 Å². The van der Waals surface area contributed by atoms with E-state index in [1.165, 1.54) is 126 Å². The van der Waals surface area contributed by atoms with E-state index in [1.54, 1.807) is 22.7 Å². The Labute approximate surface area is 431 Å². The molecule has 0 spiro atoms. The number of thiophene rings is 6. The van der Waals surface area contributed by atoms with Crippen molar-refractivity contribution in [3.8, 4) is 39.0 Å². The van der Waals surface area contributed by atoms with Crippen molar-refractivity contribution in [3.05, 3.63) is 103 Å². The number of carbonyl (C=O) groups excluding carboxylic acids is 2. The Balaban J connectivity index is 1.13. The fourth-order valence-corrected chi connectivity index (χ4v) is 16.2. The van der Waals surface area contributed by atoms with Gasteiger partial charge in [-0.2, -0.15) is 0 Å². The lowest BCUT2D eigenvalue weighted by Gasteiger charge is -2.26. The lowest BCUT2D eigenvalue weighted by atomic mass is 10.0. The topological polar surface area (TPSA) is 40.6 Å². The van der Waals surface area contributed by atoms with Crippen molar-refractivity contribution >= 4 is 91.2 Å². The lowest BCUT2D eigenvalue weighted by molar-refractivity contribution is -0.124. The summed E-state index contributed by atoms with van der Waals surface area (Å²) in [6.07, 6.45) is 21.4. The molecule has 0 aliphatic carbocycles. The van der Waals surface area contributed by atoms with E-state index in [-0.39, 0.29) is 11.8 Å². The molecule has 0 bridgehead atoms. The van der Waals surface area contributed by atoms with Gasteiger partial charge in [-0.05, 0) is 123 Å². The maximum absolute atomic E-state index is 15.3. The molecule has 8 rings (SSSR count). The van der Waals surface area contributed by atoms with Crippen LogP contribution in [0.2, 0.25) is 0 Å². The Morgan fingerprint density at radius 2 is 0.676 bits per heavy atom. The fraction of sp³-hybridized carbons (Fsp3) is 0.483. The number of rotatable bonds is 28. The molecular weight excluding hydrogens is 949 g/mol. The van der Waals surface area contributed by atoms with E-state index in [2.05, 4.69) is 114 Å². The van der Waals surface area contributed by atoms with Gasteiger partial charge in [-0.25, -0.2) is 0 Å². The van der Waals surface area contributed by atoms with E-state index >= 15 is 9.59 Å². The molecule has 0 saturated carbocycles. The van der Waals surface area contributed by atoms with Crippen molar-refractivity contribution in [1.29, 1.82) is 0 Å². The Bertz CT molecular complexity index is 2480. The van der Waals surface area contributed by atoms with Gasteiger partial charge in [0.25, 0.3) is 11.8 Å². The van der Waals surface area contributed by atoms with Crippen LogP contribution in [-0.2, 0) is 22.4 Å². The first-order valence-corrected chi connectivity index (χ1v) is 30.8. The van der Waals surface area contributed by atoms with Crippen LogP contribution < -0.4 is 0 Å². The van der Waals surface area contributed by atoms with Gasteiger partial charge < -0.3 is 9.80 Å². The number of unbranched alkanes of at least 4 members (excludes halogenated alkanes) is 8. The third-order valence-corrected chi connectivity index (χ3v) is 21.1. The molecule has 8 heterocycles. The van der Waals surface area contributed by atoms with Crippen LogP contribution in [0.15, 0.2) is 83.9 Å². The molecule has 362 valence electrons. The Morgan fingerprint density at radius 3 is 1.03 bits per heavy atom. The summed E-state index contributed by atoms with van der Waals surface area (Å²) in [4.78, 5) is 49.6. The minimum Gasteiger partial charge on any atom is -0.306 e. The average Bonchev–Trinajstić information content (AvgIpc) is 4.20. The minimum absolute atomic E-state index is 0.0179. The number of aryl methyl sites for hydroxylation is 2. The number of nitrogens with zero attached hydrogens (tertiary/aromatic N) is 2. The Hall–Kier alpha value is -3.38. The summed E-state index contributed by atoms with van der Waals surface area (Å²) >= 11 is 11.0. The van der Waals surface area contributed by atoms with Gasteiger partial charge in [0, 0.05) is 61.9 Å². The maximum atomic E-state index is 15.3. The molecule has 0 saturated heterocycles. The Morgan fingerprint density at radius 1 is 0.368 bits per heavy atom. The van der Waals surface area contributed by atoms with Gasteiger partial charge in [-0.3, -0.25) is 9.59 Å². The van der Waals surface area contributed by atoms with Gasteiger partial charge in [0.15, 0.2) is 0 Å². The van der Waals surface area contributed by atoms with Gasteiger partial charge >= 0.3 is 0 Å². The van der Waals surface area contributed by atoms with E-state index in [4.69, 9.17) is 0 Å². The standard InChI is InChI=1S/C58H72N2O2S6/c1-7-11-15-17-21-41-23-25-43(63-41)45-27-29-47(65-45)49-31-33-51(67-49)55-53-54(58(62)59(55)37-35-39(5)19-13-9-3)56(60(57(53)61)38-36-40(6)20-14-10-4)52-34-32-50(68-52)48-30-28-46(66-48)44-26-24-42(64-44)22-18-16-12-8-2/h23-34,39-40H,7-22,35-38H2,1-6H3. The number of amides is 2. The highest BCUT2D eigenvalue weighted by molar-refractivity contribution is 7.27. The summed E-state index contributed by atoms with van der Waals surface area (Å²) in [6, 6.07) is 27.0. The van der Waals surface area contributed by atoms with Gasteiger partial charge in [-0.1, -0.05) is 119 Å². The third-order valence-electron chi connectivity index (χ3n) is 13.7. The molecule has 2 unspecified atom stereocenters. The lowest BCUT2D eigenvalue weighted by Crippen LogP contribution is -2.31.